The number of aliphatic hydroxyl groups excluding tert-OH is 2. The van der Waals surface area contributed by atoms with E-state index in [1.807, 2.05) is 32.2 Å². The van der Waals surface area contributed by atoms with Crippen LogP contribution in [0.15, 0.2) is 30.3 Å². The zero-order valence-corrected chi connectivity index (χ0v) is 13.9. The first-order valence-electron chi connectivity index (χ1n) is 8.35. The quantitative estimate of drug-likeness (QED) is 0.803. The summed E-state index contributed by atoms with van der Waals surface area (Å²) in [5.74, 6) is 0.350. The van der Waals surface area contributed by atoms with Gasteiger partial charge in [0.15, 0.2) is 0 Å². The van der Waals surface area contributed by atoms with Gasteiger partial charge in [-0.1, -0.05) is 30.3 Å². The summed E-state index contributed by atoms with van der Waals surface area (Å²) >= 11 is 0. The number of rotatable bonds is 7. The van der Waals surface area contributed by atoms with Crippen molar-refractivity contribution in [3.05, 3.63) is 35.9 Å². The molecule has 124 valence electrons. The van der Waals surface area contributed by atoms with Crippen molar-refractivity contribution in [2.75, 3.05) is 33.2 Å². The Morgan fingerprint density at radius 3 is 2.68 bits per heavy atom. The van der Waals surface area contributed by atoms with Crippen LogP contribution < -0.4 is 0 Å². The molecule has 2 N–H and O–H groups in total. The molecule has 2 rings (SSSR count). The number of β-amino-alcohol motifs (C(OH)–C–C–N with tert-alkyl or cyclic N) is 1. The van der Waals surface area contributed by atoms with Gasteiger partial charge in [-0.2, -0.15) is 0 Å². The van der Waals surface area contributed by atoms with Gasteiger partial charge < -0.3 is 15.1 Å². The fourth-order valence-electron chi connectivity index (χ4n) is 3.33. The molecule has 1 aromatic rings. The summed E-state index contributed by atoms with van der Waals surface area (Å²) in [6.07, 6.45) is 1.61. The minimum atomic E-state index is -0.346. The van der Waals surface area contributed by atoms with Gasteiger partial charge in [0.05, 0.1) is 12.2 Å². The average Bonchev–Trinajstić information content (AvgIpc) is 2.48. The second-order valence-corrected chi connectivity index (χ2v) is 6.74. The number of benzene rings is 1. The Labute approximate surface area is 134 Å². The van der Waals surface area contributed by atoms with Crippen LogP contribution in [-0.4, -0.2) is 65.4 Å². The van der Waals surface area contributed by atoms with Crippen LogP contribution in [0, 0.1) is 5.92 Å². The molecule has 1 aromatic carbocycles. The summed E-state index contributed by atoms with van der Waals surface area (Å²) < 4.78 is 0. The number of piperidine rings is 1. The molecule has 1 fully saturated rings. The normalized spacial score (nSPS) is 22.7. The van der Waals surface area contributed by atoms with E-state index in [-0.39, 0.29) is 12.2 Å². The van der Waals surface area contributed by atoms with Crippen LogP contribution >= 0.6 is 0 Å². The summed E-state index contributed by atoms with van der Waals surface area (Å²) in [7, 11) is 2.05. The highest BCUT2D eigenvalue weighted by Gasteiger charge is 2.24. The van der Waals surface area contributed by atoms with E-state index in [2.05, 4.69) is 21.9 Å². The van der Waals surface area contributed by atoms with Crippen molar-refractivity contribution in [1.29, 1.82) is 0 Å². The first-order chi connectivity index (χ1) is 10.5. The van der Waals surface area contributed by atoms with Crippen molar-refractivity contribution in [3.63, 3.8) is 0 Å². The van der Waals surface area contributed by atoms with Gasteiger partial charge in [0.1, 0.15) is 0 Å². The Balaban J connectivity index is 1.73. The fraction of sp³-hybridized carbons (Fsp3) is 0.667. The summed E-state index contributed by atoms with van der Waals surface area (Å²) in [6, 6.07) is 10.3. The van der Waals surface area contributed by atoms with Crippen LogP contribution in [0.25, 0.3) is 0 Å². The lowest BCUT2D eigenvalue weighted by Gasteiger charge is -2.35. The molecule has 1 heterocycles. The van der Waals surface area contributed by atoms with E-state index in [0.29, 0.717) is 19.0 Å². The van der Waals surface area contributed by atoms with Gasteiger partial charge in [0, 0.05) is 26.2 Å². The third kappa shape index (κ3) is 5.69. The molecule has 0 spiro atoms. The molecule has 22 heavy (non-hydrogen) atoms. The molecular weight excluding hydrogens is 276 g/mol. The number of aliphatic hydroxyl groups is 2. The highest BCUT2D eigenvalue weighted by Crippen LogP contribution is 2.19. The molecule has 0 bridgehead atoms. The summed E-state index contributed by atoms with van der Waals surface area (Å²) in [6.45, 7) is 6.03. The van der Waals surface area contributed by atoms with Crippen LogP contribution in [0.1, 0.15) is 25.3 Å². The van der Waals surface area contributed by atoms with Gasteiger partial charge in [0.25, 0.3) is 0 Å². The largest absolute Gasteiger partial charge is 0.393 e. The van der Waals surface area contributed by atoms with Crippen LogP contribution in [-0.2, 0) is 6.54 Å². The van der Waals surface area contributed by atoms with Crippen molar-refractivity contribution in [2.24, 2.45) is 5.92 Å². The van der Waals surface area contributed by atoms with Gasteiger partial charge in [-0.15, -0.1) is 0 Å². The number of likely N-dealkylation sites (tertiary alicyclic amines) is 1. The van der Waals surface area contributed by atoms with Crippen molar-refractivity contribution in [3.8, 4) is 0 Å². The Morgan fingerprint density at radius 2 is 2.00 bits per heavy atom. The Morgan fingerprint density at radius 1 is 1.27 bits per heavy atom. The van der Waals surface area contributed by atoms with E-state index in [1.54, 1.807) is 0 Å². The van der Waals surface area contributed by atoms with E-state index in [4.69, 9.17) is 0 Å². The highest BCUT2D eigenvalue weighted by molar-refractivity contribution is 5.14. The summed E-state index contributed by atoms with van der Waals surface area (Å²) in [5, 5.41) is 20.1. The van der Waals surface area contributed by atoms with Crippen LogP contribution in [0.2, 0.25) is 0 Å². The Hall–Kier alpha value is -0.940. The second-order valence-electron chi connectivity index (χ2n) is 6.74. The molecule has 3 atom stereocenters. The van der Waals surface area contributed by atoms with E-state index in [1.165, 1.54) is 5.56 Å². The molecule has 0 saturated carbocycles. The minimum absolute atomic E-state index is 0.249. The lowest BCUT2D eigenvalue weighted by Crippen LogP contribution is -2.45. The maximum atomic E-state index is 10.3. The Bertz CT molecular complexity index is 424. The van der Waals surface area contributed by atoms with Crippen molar-refractivity contribution in [1.82, 2.24) is 9.80 Å². The molecule has 0 amide bonds. The summed E-state index contributed by atoms with van der Waals surface area (Å²) in [4.78, 5) is 4.46. The standard InChI is InChI=1S/C18H30N2O2/c1-15(21)17-9-6-10-20(12-17)14-18(22)13-19(2)11-16-7-4-3-5-8-16/h3-5,7-8,15,17-18,21-22H,6,9-14H2,1-2H3. The molecule has 1 aliphatic heterocycles. The highest BCUT2D eigenvalue weighted by atomic mass is 16.3. The van der Waals surface area contributed by atoms with E-state index in [9.17, 15) is 10.2 Å². The number of hydrogen-bond acceptors (Lipinski definition) is 4. The lowest BCUT2D eigenvalue weighted by atomic mass is 9.93. The van der Waals surface area contributed by atoms with E-state index >= 15 is 0 Å². The van der Waals surface area contributed by atoms with E-state index in [0.717, 1.165) is 32.5 Å². The minimum Gasteiger partial charge on any atom is -0.393 e. The fourth-order valence-corrected chi connectivity index (χ4v) is 3.33. The van der Waals surface area contributed by atoms with Crippen LogP contribution in [0.3, 0.4) is 0 Å². The van der Waals surface area contributed by atoms with Crippen molar-refractivity contribution in [2.45, 2.75) is 38.5 Å². The molecule has 3 unspecified atom stereocenters. The van der Waals surface area contributed by atoms with Crippen molar-refractivity contribution >= 4 is 0 Å². The van der Waals surface area contributed by atoms with Gasteiger partial charge in [-0.25, -0.2) is 0 Å². The van der Waals surface area contributed by atoms with Crippen LogP contribution in [0.5, 0.6) is 0 Å². The maximum Gasteiger partial charge on any atom is 0.0793 e. The maximum absolute atomic E-state index is 10.3. The zero-order chi connectivity index (χ0) is 15.9. The molecular formula is C18H30N2O2. The second kappa shape index (κ2) is 8.63. The monoisotopic (exact) mass is 306 g/mol. The smallest absolute Gasteiger partial charge is 0.0793 e. The predicted molar refractivity (Wildman–Crippen MR) is 89.6 cm³/mol. The molecule has 1 saturated heterocycles. The van der Waals surface area contributed by atoms with Crippen LogP contribution in [0.4, 0.5) is 0 Å². The van der Waals surface area contributed by atoms with Gasteiger partial charge in [0.2, 0.25) is 0 Å². The molecule has 1 aliphatic rings. The average molecular weight is 306 g/mol. The first-order valence-corrected chi connectivity index (χ1v) is 8.35. The number of nitrogens with zero attached hydrogens (tertiary/aromatic N) is 2. The van der Waals surface area contributed by atoms with Gasteiger partial charge in [-0.3, -0.25) is 4.90 Å². The molecule has 4 heteroatoms. The lowest BCUT2D eigenvalue weighted by molar-refractivity contribution is 0.0291. The predicted octanol–water partition coefficient (Wildman–Crippen LogP) is 1.57. The number of likely N-dealkylation sites (N-methyl/N-ethyl adjacent to an activating group) is 1. The van der Waals surface area contributed by atoms with Gasteiger partial charge >= 0.3 is 0 Å². The zero-order valence-electron chi connectivity index (χ0n) is 13.9. The topological polar surface area (TPSA) is 46.9 Å². The molecule has 0 aromatic heterocycles. The van der Waals surface area contributed by atoms with Gasteiger partial charge in [-0.05, 0) is 44.8 Å². The summed E-state index contributed by atoms with van der Waals surface area (Å²) in [5.41, 5.74) is 1.27. The SMILES string of the molecule is CC(O)C1CCCN(CC(O)CN(C)Cc2ccccc2)C1. The van der Waals surface area contributed by atoms with E-state index < -0.39 is 0 Å². The van der Waals surface area contributed by atoms with Crippen molar-refractivity contribution < 1.29 is 10.2 Å². The molecule has 0 radical (unpaired) electrons. The third-order valence-corrected chi connectivity index (χ3v) is 4.51. The molecule has 0 aliphatic carbocycles. The Kier molecular flexibility index (Phi) is 6.83. The molecule has 4 nitrogen and oxygen atoms in total. The first kappa shape index (κ1) is 17.4. The number of hydrogen-bond donors (Lipinski definition) is 2. The third-order valence-electron chi connectivity index (χ3n) is 4.51.